The number of nitrogens with one attached hydrogen (secondary N) is 1. The van der Waals surface area contributed by atoms with Crippen LogP contribution in [0.5, 0.6) is 11.5 Å². The number of methoxy groups -OCH3 is 1. The lowest BCUT2D eigenvalue weighted by atomic mass is 10.1. The lowest BCUT2D eigenvalue weighted by Gasteiger charge is -2.20. The summed E-state index contributed by atoms with van der Waals surface area (Å²) in [6, 6.07) is 9.06. The van der Waals surface area contributed by atoms with Crippen LogP contribution in [0.4, 0.5) is 11.4 Å². The third-order valence-electron chi connectivity index (χ3n) is 4.60. The van der Waals surface area contributed by atoms with E-state index in [1.54, 1.807) is 18.2 Å². The SMILES string of the molecule is COc1ccc(Cl)cc1N1CC(C(=O)Nc2cc(CC(=O)O)ccc2O)CC1=O. The van der Waals surface area contributed by atoms with Crippen LogP contribution in [0, 0.1) is 5.92 Å². The van der Waals surface area contributed by atoms with Gasteiger partial charge in [0, 0.05) is 18.0 Å². The lowest BCUT2D eigenvalue weighted by molar-refractivity contribution is -0.136. The molecule has 9 heteroatoms. The topological polar surface area (TPSA) is 116 Å². The summed E-state index contributed by atoms with van der Waals surface area (Å²) in [7, 11) is 1.48. The number of carbonyl (C=O) groups excluding carboxylic acids is 2. The number of halogens is 1. The highest BCUT2D eigenvalue weighted by Crippen LogP contribution is 2.35. The molecule has 0 spiro atoms. The number of amides is 2. The fourth-order valence-electron chi connectivity index (χ4n) is 3.19. The number of phenolic OH excluding ortho intramolecular Hbond substituents is 1. The summed E-state index contributed by atoms with van der Waals surface area (Å²) < 4.78 is 5.28. The first-order chi connectivity index (χ1) is 13.8. The van der Waals surface area contributed by atoms with Crippen molar-refractivity contribution in [1.82, 2.24) is 0 Å². The monoisotopic (exact) mass is 418 g/mol. The number of nitrogens with zero attached hydrogens (tertiary/aromatic N) is 1. The summed E-state index contributed by atoms with van der Waals surface area (Å²) in [6.45, 7) is 0.122. The van der Waals surface area contributed by atoms with E-state index in [-0.39, 0.29) is 36.7 Å². The van der Waals surface area contributed by atoms with Gasteiger partial charge in [0.2, 0.25) is 11.8 Å². The van der Waals surface area contributed by atoms with Crippen molar-refractivity contribution >= 4 is 40.8 Å². The van der Waals surface area contributed by atoms with Gasteiger partial charge in [0.25, 0.3) is 0 Å². The molecular weight excluding hydrogens is 400 g/mol. The van der Waals surface area contributed by atoms with E-state index in [1.165, 1.54) is 30.2 Å². The van der Waals surface area contributed by atoms with Crippen LogP contribution in [0.3, 0.4) is 0 Å². The van der Waals surface area contributed by atoms with Crippen molar-refractivity contribution in [2.75, 3.05) is 23.9 Å². The number of hydrogen-bond acceptors (Lipinski definition) is 5. The maximum Gasteiger partial charge on any atom is 0.307 e. The van der Waals surface area contributed by atoms with E-state index in [0.29, 0.717) is 22.0 Å². The predicted molar refractivity (Wildman–Crippen MR) is 107 cm³/mol. The Kier molecular flexibility index (Phi) is 5.93. The largest absolute Gasteiger partial charge is 0.506 e. The van der Waals surface area contributed by atoms with Gasteiger partial charge in [-0.25, -0.2) is 0 Å². The van der Waals surface area contributed by atoms with Gasteiger partial charge in [-0.05, 0) is 35.9 Å². The zero-order chi connectivity index (χ0) is 21.1. The number of benzene rings is 2. The van der Waals surface area contributed by atoms with Gasteiger partial charge in [-0.2, -0.15) is 0 Å². The molecule has 1 fully saturated rings. The number of carboxylic acid groups (broad SMARTS) is 1. The Morgan fingerprint density at radius 1 is 1.28 bits per heavy atom. The van der Waals surface area contributed by atoms with Crippen LogP contribution < -0.4 is 15.0 Å². The maximum atomic E-state index is 12.7. The normalized spacial score (nSPS) is 16.0. The van der Waals surface area contributed by atoms with Gasteiger partial charge >= 0.3 is 5.97 Å². The molecule has 3 rings (SSSR count). The molecule has 3 N–H and O–H groups in total. The standard InChI is InChI=1S/C20H19ClN2O6/c1-29-17-5-3-13(21)9-15(17)23-10-12(8-18(23)25)20(28)22-14-6-11(7-19(26)27)2-4-16(14)24/h2-6,9,12,24H,7-8,10H2,1H3,(H,22,28)(H,26,27). The van der Waals surface area contributed by atoms with E-state index in [4.69, 9.17) is 21.4 Å². The van der Waals surface area contributed by atoms with Crippen LogP contribution >= 0.6 is 11.6 Å². The van der Waals surface area contributed by atoms with E-state index < -0.39 is 17.8 Å². The van der Waals surface area contributed by atoms with Crippen molar-refractivity contribution in [2.24, 2.45) is 5.92 Å². The van der Waals surface area contributed by atoms with E-state index in [9.17, 15) is 19.5 Å². The number of phenols is 1. The summed E-state index contributed by atoms with van der Waals surface area (Å²) >= 11 is 6.03. The predicted octanol–water partition coefficient (Wildman–Crippen LogP) is 2.67. The van der Waals surface area contributed by atoms with Gasteiger partial charge in [-0.15, -0.1) is 0 Å². The molecule has 1 unspecified atom stereocenters. The third kappa shape index (κ3) is 4.60. The number of anilines is 2. The molecule has 1 heterocycles. The Morgan fingerprint density at radius 2 is 2.03 bits per heavy atom. The van der Waals surface area contributed by atoms with Crippen LogP contribution in [0.1, 0.15) is 12.0 Å². The first-order valence-electron chi connectivity index (χ1n) is 8.77. The van der Waals surface area contributed by atoms with E-state index in [0.717, 1.165) is 0 Å². The first kappa shape index (κ1) is 20.5. The van der Waals surface area contributed by atoms with Crippen LogP contribution in [0.15, 0.2) is 36.4 Å². The zero-order valence-corrected chi connectivity index (χ0v) is 16.3. The second-order valence-electron chi connectivity index (χ2n) is 6.63. The molecule has 152 valence electrons. The van der Waals surface area contributed by atoms with Crippen molar-refractivity contribution < 1.29 is 29.3 Å². The van der Waals surface area contributed by atoms with E-state index >= 15 is 0 Å². The van der Waals surface area contributed by atoms with Gasteiger partial charge in [0.1, 0.15) is 11.5 Å². The second-order valence-corrected chi connectivity index (χ2v) is 7.07. The van der Waals surface area contributed by atoms with Gasteiger partial charge in [-0.3, -0.25) is 14.4 Å². The minimum Gasteiger partial charge on any atom is -0.506 e. The molecular formula is C20H19ClN2O6. The first-order valence-corrected chi connectivity index (χ1v) is 9.14. The number of aromatic hydroxyl groups is 1. The minimum absolute atomic E-state index is 0.0168. The fraction of sp³-hybridized carbons (Fsp3) is 0.250. The quantitative estimate of drug-likeness (QED) is 0.621. The molecule has 2 amide bonds. The third-order valence-corrected chi connectivity index (χ3v) is 4.84. The minimum atomic E-state index is -1.03. The second kappa shape index (κ2) is 8.40. The van der Waals surface area contributed by atoms with Crippen LogP contribution in [0.2, 0.25) is 5.02 Å². The molecule has 8 nitrogen and oxygen atoms in total. The highest BCUT2D eigenvalue weighted by Gasteiger charge is 2.36. The number of aliphatic carboxylic acids is 1. The van der Waals surface area contributed by atoms with Crippen molar-refractivity contribution in [3.8, 4) is 11.5 Å². The molecule has 0 bridgehead atoms. The summed E-state index contributed by atoms with van der Waals surface area (Å²) in [4.78, 5) is 37.5. The smallest absolute Gasteiger partial charge is 0.307 e. The van der Waals surface area contributed by atoms with Crippen LogP contribution in [0.25, 0.3) is 0 Å². The average molecular weight is 419 g/mol. The van der Waals surface area contributed by atoms with Gasteiger partial charge in [0.05, 0.1) is 30.8 Å². The molecule has 1 atom stereocenters. The van der Waals surface area contributed by atoms with Gasteiger partial charge in [0.15, 0.2) is 0 Å². The Hall–Kier alpha value is -3.26. The summed E-state index contributed by atoms with van der Waals surface area (Å²) in [5.41, 5.74) is 1.00. The molecule has 0 saturated carbocycles. The van der Waals surface area contributed by atoms with Crippen molar-refractivity contribution in [3.05, 3.63) is 47.0 Å². The lowest BCUT2D eigenvalue weighted by Crippen LogP contribution is -2.28. The molecule has 2 aromatic rings. The average Bonchev–Trinajstić information content (AvgIpc) is 3.05. The fourth-order valence-corrected chi connectivity index (χ4v) is 3.36. The summed E-state index contributed by atoms with van der Waals surface area (Å²) in [5, 5.41) is 21.9. The highest BCUT2D eigenvalue weighted by molar-refractivity contribution is 6.31. The number of hydrogen-bond donors (Lipinski definition) is 3. The molecule has 0 radical (unpaired) electrons. The van der Waals surface area contributed by atoms with Crippen LogP contribution in [-0.2, 0) is 20.8 Å². The number of carbonyl (C=O) groups is 3. The van der Waals surface area contributed by atoms with Gasteiger partial charge in [-0.1, -0.05) is 17.7 Å². The maximum absolute atomic E-state index is 12.7. The number of rotatable bonds is 6. The highest BCUT2D eigenvalue weighted by atomic mass is 35.5. The molecule has 1 saturated heterocycles. The van der Waals surface area contributed by atoms with Crippen molar-refractivity contribution in [2.45, 2.75) is 12.8 Å². The Balaban J connectivity index is 1.76. The van der Waals surface area contributed by atoms with E-state index in [2.05, 4.69) is 5.32 Å². The molecule has 29 heavy (non-hydrogen) atoms. The Labute approximate surface area is 171 Å². The van der Waals surface area contributed by atoms with Crippen molar-refractivity contribution in [3.63, 3.8) is 0 Å². The molecule has 2 aromatic carbocycles. The Bertz CT molecular complexity index is 977. The van der Waals surface area contributed by atoms with Crippen molar-refractivity contribution in [1.29, 1.82) is 0 Å². The molecule has 0 aromatic heterocycles. The summed E-state index contributed by atoms with van der Waals surface area (Å²) in [6.07, 6.45) is -0.259. The van der Waals surface area contributed by atoms with Gasteiger partial charge < -0.3 is 25.2 Å². The molecule has 0 aliphatic carbocycles. The zero-order valence-electron chi connectivity index (χ0n) is 15.5. The van der Waals surface area contributed by atoms with Crippen LogP contribution in [-0.4, -0.2) is 41.7 Å². The molecule has 1 aliphatic heterocycles. The number of carboxylic acids is 1. The molecule has 1 aliphatic rings. The van der Waals surface area contributed by atoms with E-state index in [1.807, 2.05) is 0 Å². The summed E-state index contributed by atoms with van der Waals surface area (Å²) in [5.74, 6) is -2.12. The Morgan fingerprint density at radius 3 is 2.72 bits per heavy atom. The number of ether oxygens (including phenoxy) is 1.